The van der Waals surface area contributed by atoms with Gasteiger partial charge in [-0.1, -0.05) is 19.3 Å². The van der Waals surface area contributed by atoms with Gasteiger partial charge in [0, 0.05) is 18.8 Å². The van der Waals surface area contributed by atoms with Crippen LogP contribution in [-0.2, 0) is 0 Å². The van der Waals surface area contributed by atoms with E-state index < -0.39 is 5.60 Å². The maximum absolute atomic E-state index is 10.3. The first kappa shape index (κ1) is 12.1. The van der Waals surface area contributed by atoms with E-state index in [1.807, 2.05) is 0 Å². The summed E-state index contributed by atoms with van der Waals surface area (Å²) in [5.74, 6) is 1.03. The van der Waals surface area contributed by atoms with Gasteiger partial charge in [0.25, 0.3) is 0 Å². The van der Waals surface area contributed by atoms with E-state index >= 15 is 0 Å². The molecule has 0 spiro atoms. The van der Waals surface area contributed by atoms with Gasteiger partial charge in [-0.05, 0) is 12.8 Å². The van der Waals surface area contributed by atoms with E-state index in [4.69, 9.17) is 4.74 Å². The summed E-state index contributed by atoms with van der Waals surface area (Å²) in [4.78, 5) is 8.24. The first-order chi connectivity index (χ1) is 8.22. The van der Waals surface area contributed by atoms with Crippen molar-refractivity contribution in [3.8, 4) is 5.88 Å². The fourth-order valence-electron chi connectivity index (χ4n) is 2.17. The highest BCUT2D eigenvalue weighted by molar-refractivity contribution is 5.28. The van der Waals surface area contributed by atoms with Gasteiger partial charge in [0.05, 0.1) is 12.7 Å². The second-order valence-corrected chi connectivity index (χ2v) is 4.56. The minimum Gasteiger partial charge on any atom is -0.481 e. The van der Waals surface area contributed by atoms with E-state index in [1.54, 1.807) is 19.4 Å². The lowest BCUT2D eigenvalue weighted by Crippen LogP contribution is -2.39. The second-order valence-electron chi connectivity index (χ2n) is 4.56. The number of rotatable bonds is 4. The predicted octanol–water partition coefficient (Wildman–Crippen LogP) is 1.59. The van der Waals surface area contributed by atoms with Crippen LogP contribution in [0.3, 0.4) is 0 Å². The fourth-order valence-corrected chi connectivity index (χ4v) is 2.17. The average Bonchev–Trinajstić information content (AvgIpc) is 2.38. The van der Waals surface area contributed by atoms with Crippen LogP contribution in [0.25, 0.3) is 0 Å². The van der Waals surface area contributed by atoms with E-state index in [1.165, 1.54) is 6.42 Å². The van der Waals surface area contributed by atoms with Gasteiger partial charge >= 0.3 is 0 Å². The summed E-state index contributed by atoms with van der Waals surface area (Å²) in [6.07, 6.45) is 6.75. The van der Waals surface area contributed by atoms with Crippen molar-refractivity contribution < 1.29 is 9.84 Å². The van der Waals surface area contributed by atoms with Crippen molar-refractivity contribution in [2.45, 2.75) is 37.7 Å². The van der Waals surface area contributed by atoms with Gasteiger partial charge in [-0.15, -0.1) is 0 Å². The normalized spacial score (nSPS) is 18.7. The van der Waals surface area contributed by atoms with E-state index in [0.717, 1.165) is 25.7 Å². The zero-order valence-corrected chi connectivity index (χ0v) is 10.1. The van der Waals surface area contributed by atoms with Crippen molar-refractivity contribution in [2.75, 3.05) is 19.0 Å². The molecular formula is C12H19N3O2. The van der Waals surface area contributed by atoms with Crippen LogP contribution >= 0.6 is 0 Å². The molecule has 0 saturated heterocycles. The Morgan fingerprint density at radius 1 is 1.41 bits per heavy atom. The largest absolute Gasteiger partial charge is 0.481 e. The minimum absolute atomic E-state index is 0.500. The van der Waals surface area contributed by atoms with Crippen LogP contribution in [0.5, 0.6) is 5.88 Å². The van der Waals surface area contributed by atoms with Crippen molar-refractivity contribution in [3.63, 3.8) is 0 Å². The number of hydrogen-bond acceptors (Lipinski definition) is 5. The summed E-state index contributed by atoms with van der Waals surface area (Å²) in [6, 6.07) is 1.69. The molecular weight excluding hydrogens is 218 g/mol. The Balaban J connectivity index is 1.92. The number of ether oxygens (including phenoxy) is 1. The topological polar surface area (TPSA) is 67.3 Å². The van der Waals surface area contributed by atoms with Crippen LogP contribution in [0.15, 0.2) is 12.3 Å². The van der Waals surface area contributed by atoms with Gasteiger partial charge in [-0.25, -0.2) is 4.98 Å². The molecule has 0 amide bonds. The maximum Gasteiger partial charge on any atom is 0.226 e. The molecule has 2 N–H and O–H groups in total. The molecule has 1 heterocycles. The third-order valence-corrected chi connectivity index (χ3v) is 3.20. The SMILES string of the molecule is COc1ccnc(NCC2(O)CCCCC2)n1. The van der Waals surface area contributed by atoms with Crippen molar-refractivity contribution in [3.05, 3.63) is 12.3 Å². The molecule has 1 fully saturated rings. The molecule has 17 heavy (non-hydrogen) atoms. The smallest absolute Gasteiger partial charge is 0.226 e. The van der Waals surface area contributed by atoms with E-state index in [-0.39, 0.29) is 0 Å². The van der Waals surface area contributed by atoms with Crippen LogP contribution in [0.4, 0.5) is 5.95 Å². The lowest BCUT2D eigenvalue weighted by atomic mass is 9.85. The summed E-state index contributed by atoms with van der Waals surface area (Å²) in [7, 11) is 1.57. The summed E-state index contributed by atoms with van der Waals surface area (Å²) >= 11 is 0. The molecule has 1 saturated carbocycles. The number of aliphatic hydroxyl groups is 1. The highest BCUT2D eigenvalue weighted by atomic mass is 16.5. The highest BCUT2D eigenvalue weighted by Gasteiger charge is 2.28. The van der Waals surface area contributed by atoms with Gasteiger partial charge in [0.1, 0.15) is 0 Å². The van der Waals surface area contributed by atoms with Crippen molar-refractivity contribution in [1.82, 2.24) is 9.97 Å². The Labute approximate surface area is 101 Å². The monoisotopic (exact) mass is 237 g/mol. The number of aromatic nitrogens is 2. The molecule has 5 heteroatoms. The van der Waals surface area contributed by atoms with Crippen LogP contribution in [0.2, 0.25) is 0 Å². The van der Waals surface area contributed by atoms with E-state index in [9.17, 15) is 5.11 Å². The molecule has 1 aliphatic carbocycles. The van der Waals surface area contributed by atoms with Crippen molar-refractivity contribution in [2.24, 2.45) is 0 Å². The third-order valence-electron chi connectivity index (χ3n) is 3.20. The minimum atomic E-state index is -0.606. The molecule has 0 aromatic carbocycles. The summed E-state index contributed by atoms with van der Waals surface area (Å²) in [6.45, 7) is 0.500. The van der Waals surface area contributed by atoms with Crippen LogP contribution in [0.1, 0.15) is 32.1 Å². The number of hydrogen-bond donors (Lipinski definition) is 2. The molecule has 0 bridgehead atoms. The van der Waals surface area contributed by atoms with Crippen LogP contribution in [0, 0.1) is 0 Å². The van der Waals surface area contributed by atoms with Gasteiger partial charge < -0.3 is 15.2 Å². The van der Waals surface area contributed by atoms with Crippen molar-refractivity contribution in [1.29, 1.82) is 0 Å². The van der Waals surface area contributed by atoms with E-state index in [2.05, 4.69) is 15.3 Å². The fraction of sp³-hybridized carbons (Fsp3) is 0.667. The Kier molecular flexibility index (Phi) is 3.78. The molecule has 94 valence electrons. The lowest BCUT2D eigenvalue weighted by molar-refractivity contribution is 0.0166. The standard InChI is InChI=1S/C12H19N3O2/c1-17-10-5-8-13-11(15-10)14-9-12(16)6-3-2-4-7-12/h5,8,16H,2-4,6-7,9H2,1H3,(H,13,14,15). The molecule has 1 aromatic heterocycles. The zero-order chi connectivity index (χ0) is 12.1. The summed E-state index contributed by atoms with van der Waals surface area (Å²) < 4.78 is 5.02. The lowest BCUT2D eigenvalue weighted by Gasteiger charge is -2.32. The Morgan fingerprint density at radius 3 is 2.88 bits per heavy atom. The van der Waals surface area contributed by atoms with E-state index in [0.29, 0.717) is 18.4 Å². The Hall–Kier alpha value is -1.36. The van der Waals surface area contributed by atoms with Crippen molar-refractivity contribution >= 4 is 5.95 Å². The average molecular weight is 237 g/mol. The van der Waals surface area contributed by atoms with Gasteiger partial charge in [0.15, 0.2) is 0 Å². The summed E-state index contributed by atoms with van der Waals surface area (Å²) in [5, 5.41) is 13.4. The molecule has 1 aromatic rings. The molecule has 0 atom stereocenters. The number of nitrogens with one attached hydrogen (secondary N) is 1. The quantitative estimate of drug-likeness (QED) is 0.832. The Morgan fingerprint density at radius 2 is 2.18 bits per heavy atom. The van der Waals surface area contributed by atoms with Crippen LogP contribution in [-0.4, -0.2) is 34.3 Å². The maximum atomic E-state index is 10.3. The number of methoxy groups -OCH3 is 1. The van der Waals surface area contributed by atoms with Gasteiger partial charge in [-0.2, -0.15) is 4.98 Å². The first-order valence-electron chi connectivity index (χ1n) is 6.05. The highest BCUT2D eigenvalue weighted by Crippen LogP contribution is 2.27. The predicted molar refractivity (Wildman–Crippen MR) is 65.1 cm³/mol. The van der Waals surface area contributed by atoms with Gasteiger partial charge in [0.2, 0.25) is 11.8 Å². The molecule has 1 aliphatic rings. The molecule has 2 rings (SSSR count). The third kappa shape index (κ3) is 3.30. The molecule has 0 radical (unpaired) electrons. The molecule has 0 aliphatic heterocycles. The first-order valence-corrected chi connectivity index (χ1v) is 6.05. The Bertz CT molecular complexity index is 365. The summed E-state index contributed by atoms with van der Waals surface area (Å²) in [5.41, 5.74) is -0.606. The number of nitrogens with zero attached hydrogens (tertiary/aromatic N) is 2. The second kappa shape index (κ2) is 5.31. The molecule has 5 nitrogen and oxygen atoms in total. The van der Waals surface area contributed by atoms with Gasteiger partial charge in [-0.3, -0.25) is 0 Å². The molecule has 0 unspecified atom stereocenters. The van der Waals surface area contributed by atoms with Crippen LogP contribution < -0.4 is 10.1 Å². The zero-order valence-electron chi connectivity index (χ0n) is 10.1. The number of anilines is 1.